The van der Waals surface area contributed by atoms with Gasteiger partial charge in [0.2, 0.25) is 0 Å². The average Bonchev–Trinajstić information content (AvgIpc) is 3.05. The van der Waals surface area contributed by atoms with Crippen molar-refractivity contribution in [1.29, 1.82) is 0 Å². The first-order valence-corrected chi connectivity index (χ1v) is 6.94. The van der Waals surface area contributed by atoms with Crippen LogP contribution in [-0.4, -0.2) is 22.5 Å². The average molecular weight is 305 g/mol. The lowest BCUT2D eigenvalue weighted by molar-refractivity contribution is 0.0519. The van der Waals surface area contributed by atoms with Crippen LogP contribution in [0.3, 0.4) is 0 Å². The lowest BCUT2D eigenvalue weighted by Crippen LogP contribution is -2.04. The fourth-order valence-electron chi connectivity index (χ4n) is 1.64. The third-order valence-corrected chi connectivity index (χ3v) is 3.25. The minimum atomic E-state index is -0.529. The van der Waals surface area contributed by atoms with E-state index in [4.69, 9.17) is 19.3 Å². The highest BCUT2D eigenvalue weighted by atomic mass is 32.2. The Morgan fingerprint density at radius 3 is 3.05 bits per heavy atom. The first kappa shape index (κ1) is 13.5. The number of nitrogen functional groups attached to an aromatic ring is 1. The number of anilines is 1. The van der Waals surface area contributed by atoms with Gasteiger partial charge in [-0.05, 0) is 25.1 Å². The lowest BCUT2D eigenvalue weighted by Gasteiger charge is -1.94. The second-order valence-electron chi connectivity index (χ2n) is 4.03. The van der Waals surface area contributed by atoms with Gasteiger partial charge in [0.05, 0.1) is 6.61 Å². The number of carbonyl (C=O) groups excluding carboxylic acids is 1. The van der Waals surface area contributed by atoms with Gasteiger partial charge >= 0.3 is 5.97 Å². The van der Waals surface area contributed by atoms with Crippen molar-refractivity contribution >= 4 is 34.5 Å². The highest BCUT2D eigenvalue weighted by Gasteiger charge is 2.16. The number of nitrogens with zero attached hydrogens (tertiary/aromatic N) is 2. The van der Waals surface area contributed by atoms with Gasteiger partial charge in [-0.3, -0.25) is 0 Å². The molecule has 0 fully saturated rings. The van der Waals surface area contributed by atoms with Crippen molar-refractivity contribution in [2.24, 2.45) is 0 Å². The number of fused-ring (bicyclic) bond motifs is 1. The van der Waals surface area contributed by atoms with Crippen molar-refractivity contribution in [2.75, 3.05) is 12.3 Å². The Bertz CT molecular complexity index is 796. The number of rotatable bonds is 4. The maximum absolute atomic E-state index is 11.5. The van der Waals surface area contributed by atoms with Crippen LogP contribution in [-0.2, 0) is 4.74 Å². The topological polar surface area (TPSA) is 104 Å². The summed E-state index contributed by atoms with van der Waals surface area (Å²) in [6, 6.07) is 5.18. The van der Waals surface area contributed by atoms with Crippen LogP contribution in [0.1, 0.15) is 17.4 Å². The molecule has 108 valence electrons. The van der Waals surface area contributed by atoms with Crippen LogP contribution in [0, 0.1) is 0 Å². The zero-order valence-electron chi connectivity index (χ0n) is 11.0. The predicted octanol–water partition coefficient (Wildman–Crippen LogP) is 2.73. The second kappa shape index (κ2) is 5.49. The monoisotopic (exact) mass is 305 g/mol. The van der Waals surface area contributed by atoms with Crippen molar-refractivity contribution in [3.05, 3.63) is 30.2 Å². The molecule has 8 heteroatoms. The number of benzene rings is 1. The molecule has 1 aromatic carbocycles. The SMILES string of the molecule is CCOC(=O)c1coc(Sc2nc3cc(N)ccc3o2)n1. The van der Waals surface area contributed by atoms with E-state index >= 15 is 0 Å². The van der Waals surface area contributed by atoms with Crippen LogP contribution in [0.25, 0.3) is 11.1 Å². The van der Waals surface area contributed by atoms with Crippen LogP contribution in [0.15, 0.2) is 43.7 Å². The summed E-state index contributed by atoms with van der Waals surface area (Å²) in [5.74, 6) is -0.529. The quantitative estimate of drug-likeness (QED) is 0.579. The van der Waals surface area contributed by atoms with Gasteiger partial charge in [0.1, 0.15) is 11.8 Å². The fourth-order valence-corrected chi connectivity index (χ4v) is 2.31. The summed E-state index contributed by atoms with van der Waals surface area (Å²) in [5, 5.41) is 0.602. The maximum atomic E-state index is 11.5. The molecule has 2 heterocycles. The summed E-state index contributed by atoms with van der Waals surface area (Å²) in [7, 11) is 0. The summed E-state index contributed by atoms with van der Waals surface area (Å²) >= 11 is 1.07. The summed E-state index contributed by atoms with van der Waals surface area (Å²) in [6.07, 6.45) is 1.24. The molecule has 0 aliphatic heterocycles. The number of carbonyl (C=O) groups is 1. The van der Waals surface area contributed by atoms with Gasteiger partial charge in [-0.25, -0.2) is 9.78 Å². The molecule has 3 aromatic rings. The fraction of sp³-hybridized carbons (Fsp3) is 0.154. The Morgan fingerprint density at radius 2 is 2.24 bits per heavy atom. The molecule has 0 saturated carbocycles. The minimum absolute atomic E-state index is 0.111. The number of ether oxygens (including phenoxy) is 1. The van der Waals surface area contributed by atoms with Gasteiger partial charge in [-0.2, -0.15) is 4.98 Å². The van der Waals surface area contributed by atoms with Crippen molar-refractivity contribution < 1.29 is 18.4 Å². The van der Waals surface area contributed by atoms with Crippen LogP contribution in [0.5, 0.6) is 0 Å². The normalized spacial score (nSPS) is 10.9. The summed E-state index contributed by atoms with van der Waals surface area (Å²) in [4.78, 5) is 19.8. The van der Waals surface area contributed by atoms with E-state index in [0.717, 1.165) is 11.8 Å². The summed E-state index contributed by atoms with van der Waals surface area (Å²) in [6.45, 7) is 2.00. The van der Waals surface area contributed by atoms with E-state index in [1.165, 1.54) is 6.26 Å². The number of oxazole rings is 2. The zero-order chi connectivity index (χ0) is 14.8. The lowest BCUT2D eigenvalue weighted by atomic mass is 10.3. The molecular weight excluding hydrogens is 294 g/mol. The van der Waals surface area contributed by atoms with Crippen LogP contribution >= 0.6 is 11.8 Å². The number of nitrogens with two attached hydrogens (primary N) is 1. The van der Waals surface area contributed by atoms with E-state index < -0.39 is 5.97 Å². The van der Waals surface area contributed by atoms with Crippen molar-refractivity contribution in [3.63, 3.8) is 0 Å². The third-order valence-electron chi connectivity index (χ3n) is 2.53. The molecule has 0 saturated heterocycles. The van der Waals surface area contributed by atoms with Gasteiger partial charge in [-0.15, -0.1) is 0 Å². The Kier molecular flexibility index (Phi) is 3.53. The van der Waals surface area contributed by atoms with E-state index in [0.29, 0.717) is 22.0 Å². The molecule has 3 rings (SSSR count). The Labute approximate surface area is 123 Å². The first-order chi connectivity index (χ1) is 10.2. The molecule has 21 heavy (non-hydrogen) atoms. The van der Waals surface area contributed by atoms with E-state index in [1.807, 2.05) is 0 Å². The molecule has 0 aliphatic rings. The van der Waals surface area contributed by atoms with Crippen molar-refractivity contribution in [2.45, 2.75) is 17.4 Å². The number of hydrogen-bond acceptors (Lipinski definition) is 8. The first-order valence-electron chi connectivity index (χ1n) is 6.12. The van der Waals surface area contributed by atoms with Crippen LogP contribution < -0.4 is 5.73 Å². The van der Waals surface area contributed by atoms with Gasteiger partial charge < -0.3 is 19.3 Å². The van der Waals surface area contributed by atoms with Crippen molar-refractivity contribution in [1.82, 2.24) is 9.97 Å². The van der Waals surface area contributed by atoms with Gasteiger partial charge in [0.25, 0.3) is 10.4 Å². The third kappa shape index (κ3) is 2.84. The smallest absolute Gasteiger partial charge is 0.360 e. The molecule has 2 aromatic heterocycles. The Balaban J connectivity index is 1.80. The molecule has 0 radical (unpaired) electrons. The molecule has 0 amide bonds. The summed E-state index contributed by atoms with van der Waals surface area (Å²) in [5.41, 5.74) is 7.66. The van der Waals surface area contributed by atoms with Crippen LogP contribution in [0.4, 0.5) is 5.69 Å². The van der Waals surface area contributed by atoms with Gasteiger partial charge in [0.15, 0.2) is 11.3 Å². The standard InChI is InChI=1S/C13H11N3O4S/c1-2-18-11(17)9-6-19-12(16-9)21-13-15-8-5-7(14)3-4-10(8)20-13/h3-6H,2,14H2,1H3. The van der Waals surface area contributed by atoms with Gasteiger partial charge in [0, 0.05) is 17.4 Å². The molecule has 2 N–H and O–H groups in total. The second-order valence-corrected chi connectivity index (χ2v) is 4.93. The predicted molar refractivity (Wildman–Crippen MR) is 75.0 cm³/mol. The van der Waals surface area contributed by atoms with E-state index in [1.54, 1.807) is 25.1 Å². The molecule has 0 bridgehead atoms. The number of hydrogen-bond donors (Lipinski definition) is 1. The zero-order valence-corrected chi connectivity index (χ0v) is 11.8. The van der Waals surface area contributed by atoms with E-state index in [9.17, 15) is 4.79 Å². The van der Waals surface area contributed by atoms with Gasteiger partial charge in [-0.1, -0.05) is 0 Å². The van der Waals surface area contributed by atoms with Crippen molar-refractivity contribution in [3.8, 4) is 0 Å². The minimum Gasteiger partial charge on any atom is -0.461 e. The highest BCUT2D eigenvalue weighted by molar-refractivity contribution is 7.98. The number of aromatic nitrogens is 2. The summed E-state index contributed by atoms with van der Waals surface area (Å²) < 4.78 is 15.5. The molecule has 7 nitrogen and oxygen atoms in total. The van der Waals surface area contributed by atoms with E-state index in [2.05, 4.69) is 9.97 Å². The molecular formula is C13H11N3O4S. The molecule has 0 unspecified atom stereocenters. The van der Waals surface area contributed by atoms with Crippen LogP contribution in [0.2, 0.25) is 0 Å². The Morgan fingerprint density at radius 1 is 1.38 bits per heavy atom. The highest BCUT2D eigenvalue weighted by Crippen LogP contribution is 2.30. The largest absolute Gasteiger partial charge is 0.461 e. The molecule has 0 spiro atoms. The maximum Gasteiger partial charge on any atom is 0.360 e. The van der Waals surface area contributed by atoms with E-state index in [-0.39, 0.29) is 17.5 Å². The molecule has 0 aliphatic carbocycles. The Hall–Kier alpha value is -2.48. The number of esters is 1. The molecule has 0 atom stereocenters.